The molecule has 9 heteroatoms. The van der Waals surface area contributed by atoms with Crippen LogP contribution in [0.1, 0.15) is 13.8 Å². The van der Waals surface area contributed by atoms with Crippen molar-refractivity contribution in [1.82, 2.24) is 19.9 Å². The van der Waals surface area contributed by atoms with Crippen molar-refractivity contribution in [3.05, 3.63) is 52.9 Å². The second-order valence-electron chi connectivity index (χ2n) is 7.67. The topological polar surface area (TPSA) is 95.3 Å². The van der Waals surface area contributed by atoms with Gasteiger partial charge in [-0.3, -0.25) is 14.2 Å². The molecule has 162 valence electrons. The summed E-state index contributed by atoms with van der Waals surface area (Å²) in [5, 5.41) is 3.84. The number of nitrogens with zero attached hydrogens (tertiary/aromatic N) is 3. The molecule has 31 heavy (non-hydrogen) atoms. The van der Waals surface area contributed by atoms with Crippen molar-refractivity contribution in [2.24, 2.45) is 5.92 Å². The fraction of sp³-hybridized carbons (Fsp3) is 0.364. The number of carbonyl (C=O) groups excluding carboxylic acids is 1. The Bertz CT molecular complexity index is 1150. The van der Waals surface area contributed by atoms with Crippen molar-refractivity contribution in [2.45, 2.75) is 31.7 Å². The third-order valence-electron chi connectivity index (χ3n) is 4.67. The minimum atomic E-state index is -0.258. The number of para-hydroxylation sites is 2. The number of thioether (sulfide) groups is 1. The van der Waals surface area contributed by atoms with Crippen LogP contribution in [0, 0.1) is 5.92 Å². The SMILES string of the molecule is CC(C)Cn1c(SCC(=O)NC[C@H]2COc3ccccc3O2)nc2ncccc2c1=O. The van der Waals surface area contributed by atoms with Gasteiger partial charge in [0.15, 0.2) is 22.3 Å². The smallest absolute Gasteiger partial charge is 0.263 e. The summed E-state index contributed by atoms with van der Waals surface area (Å²) >= 11 is 1.23. The van der Waals surface area contributed by atoms with Crippen LogP contribution in [0.5, 0.6) is 11.5 Å². The van der Waals surface area contributed by atoms with E-state index in [9.17, 15) is 9.59 Å². The van der Waals surface area contributed by atoms with E-state index < -0.39 is 0 Å². The van der Waals surface area contributed by atoms with Gasteiger partial charge in [0.05, 0.1) is 17.7 Å². The van der Waals surface area contributed by atoms with Crippen LogP contribution in [-0.2, 0) is 11.3 Å². The summed E-state index contributed by atoms with van der Waals surface area (Å²) in [7, 11) is 0. The Labute approximate surface area is 184 Å². The molecule has 0 unspecified atom stereocenters. The molecule has 0 bridgehead atoms. The lowest BCUT2D eigenvalue weighted by Crippen LogP contribution is -2.41. The van der Waals surface area contributed by atoms with E-state index in [0.29, 0.717) is 47.4 Å². The number of rotatable bonds is 7. The largest absolute Gasteiger partial charge is 0.486 e. The molecule has 3 heterocycles. The quantitative estimate of drug-likeness (QED) is 0.445. The van der Waals surface area contributed by atoms with E-state index in [1.807, 2.05) is 38.1 Å². The average molecular weight is 441 g/mol. The first kappa shape index (κ1) is 21.2. The zero-order chi connectivity index (χ0) is 21.8. The van der Waals surface area contributed by atoms with Gasteiger partial charge in [-0.05, 0) is 30.2 Å². The van der Waals surface area contributed by atoms with Crippen molar-refractivity contribution < 1.29 is 14.3 Å². The number of fused-ring (bicyclic) bond motifs is 2. The monoisotopic (exact) mass is 440 g/mol. The summed E-state index contributed by atoms with van der Waals surface area (Å²) in [5.41, 5.74) is 0.253. The molecule has 0 aliphatic carbocycles. The molecular formula is C22H24N4O4S. The standard InChI is InChI=1S/C22H24N4O4S/c1-14(2)11-26-21(28)16-6-5-9-23-20(16)25-22(26)31-13-19(27)24-10-15-12-29-17-7-3-4-8-18(17)30-15/h3-9,14-15H,10-13H2,1-2H3,(H,24,27)/t15-/m0/s1. The van der Waals surface area contributed by atoms with E-state index in [0.717, 1.165) is 0 Å². The first-order chi connectivity index (χ1) is 15.0. The van der Waals surface area contributed by atoms with Crippen LogP contribution in [0.3, 0.4) is 0 Å². The predicted octanol–water partition coefficient (Wildman–Crippen LogP) is 2.50. The summed E-state index contributed by atoms with van der Waals surface area (Å²) in [6.45, 7) is 5.29. The molecule has 0 saturated heterocycles. The van der Waals surface area contributed by atoms with Gasteiger partial charge in [-0.2, -0.15) is 0 Å². The van der Waals surface area contributed by atoms with Crippen molar-refractivity contribution in [2.75, 3.05) is 18.9 Å². The zero-order valence-electron chi connectivity index (χ0n) is 17.4. The maximum absolute atomic E-state index is 12.9. The number of carbonyl (C=O) groups is 1. The van der Waals surface area contributed by atoms with Gasteiger partial charge in [0.2, 0.25) is 5.91 Å². The molecule has 0 radical (unpaired) electrons. The van der Waals surface area contributed by atoms with E-state index in [1.54, 1.807) is 22.9 Å². The van der Waals surface area contributed by atoms with Crippen molar-refractivity contribution in [1.29, 1.82) is 0 Å². The number of hydrogen-bond donors (Lipinski definition) is 1. The van der Waals surface area contributed by atoms with Crippen LogP contribution in [0.4, 0.5) is 0 Å². The van der Waals surface area contributed by atoms with Gasteiger partial charge in [0, 0.05) is 12.7 Å². The molecule has 0 fully saturated rings. The molecule has 0 saturated carbocycles. The Hall–Kier alpha value is -3.07. The van der Waals surface area contributed by atoms with Gasteiger partial charge in [0.1, 0.15) is 12.7 Å². The highest BCUT2D eigenvalue weighted by Crippen LogP contribution is 2.30. The highest BCUT2D eigenvalue weighted by atomic mass is 32.2. The molecule has 3 aromatic rings. The van der Waals surface area contributed by atoms with Gasteiger partial charge in [-0.25, -0.2) is 9.97 Å². The molecule has 8 nitrogen and oxygen atoms in total. The van der Waals surface area contributed by atoms with Crippen LogP contribution < -0.4 is 20.3 Å². The summed E-state index contributed by atoms with van der Waals surface area (Å²) in [6, 6.07) is 10.9. The highest BCUT2D eigenvalue weighted by molar-refractivity contribution is 7.99. The average Bonchev–Trinajstić information content (AvgIpc) is 2.78. The second kappa shape index (κ2) is 9.38. The number of ether oxygens (including phenoxy) is 2. The van der Waals surface area contributed by atoms with E-state index in [2.05, 4.69) is 15.3 Å². The van der Waals surface area contributed by atoms with Crippen LogP contribution >= 0.6 is 11.8 Å². The van der Waals surface area contributed by atoms with Crippen LogP contribution in [-0.4, -0.2) is 45.5 Å². The van der Waals surface area contributed by atoms with E-state index >= 15 is 0 Å². The van der Waals surface area contributed by atoms with Gasteiger partial charge in [-0.1, -0.05) is 37.7 Å². The summed E-state index contributed by atoms with van der Waals surface area (Å²) < 4.78 is 13.2. The number of aromatic nitrogens is 3. The maximum atomic E-state index is 12.9. The lowest BCUT2D eigenvalue weighted by Gasteiger charge is -2.26. The van der Waals surface area contributed by atoms with Crippen LogP contribution in [0.25, 0.3) is 11.0 Å². The molecule has 1 aromatic carbocycles. The minimum Gasteiger partial charge on any atom is -0.486 e. The second-order valence-corrected chi connectivity index (χ2v) is 8.61. The number of pyridine rings is 1. The van der Waals surface area contributed by atoms with Gasteiger partial charge < -0.3 is 14.8 Å². The molecule has 1 atom stereocenters. The first-order valence-electron chi connectivity index (χ1n) is 10.1. The van der Waals surface area contributed by atoms with E-state index in [-0.39, 0.29) is 29.2 Å². The fourth-order valence-electron chi connectivity index (χ4n) is 3.25. The number of hydrogen-bond acceptors (Lipinski definition) is 7. The summed E-state index contributed by atoms with van der Waals surface area (Å²) in [5.74, 6) is 1.60. The Kier molecular flexibility index (Phi) is 6.41. The van der Waals surface area contributed by atoms with Crippen molar-refractivity contribution in [3.63, 3.8) is 0 Å². The van der Waals surface area contributed by atoms with Crippen LogP contribution in [0.2, 0.25) is 0 Å². The molecule has 0 spiro atoms. The van der Waals surface area contributed by atoms with Crippen LogP contribution in [0.15, 0.2) is 52.5 Å². The van der Waals surface area contributed by atoms with Crippen molar-refractivity contribution >= 4 is 28.7 Å². The van der Waals surface area contributed by atoms with Gasteiger partial charge >= 0.3 is 0 Å². The van der Waals surface area contributed by atoms with E-state index in [4.69, 9.17) is 9.47 Å². The van der Waals surface area contributed by atoms with Gasteiger partial charge in [-0.15, -0.1) is 0 Å². The number of benzene rings is 1. The molecule has 2 aromatic heterocycles. The molecule has 1 amide bonds. The lowest BCUT2D eigenvalue weighted by atomic mass is 10.2. The first-order valence-corrected chi connectivity index (χ1v) is 11.1. The Morgan fingerprint density at radius 1 is 1.26 bits per heavy atom. The van der Waals surface area contributed by atoms with E-state index in [1.165, 1.54) is 11.8 Å². The maximum Gasteiger partial charge on any atom is 0.263 e. The zero-order valence-corrected chi connectivity index (χ0v) is 18.2. The third-order valence-corrected chi connectivity index (χ3v) is 5.65. The summed E-state index contributed by atoms with van der Waals surface area (Å²) in [6.07, 6.45) is 1.35. The molecular weight excluding hydrogens is 416 g/mol. The minimum absolute atomic E-state index is 0.132. The molecule has 1 N–H and O–H groups in total. The molecule has 1 aliphatic heterocycles. The third kappa shape index (κ3) is 4.99. The Morgan fingerprint density at radius 3 is 2.87 bits per heavy atom. The predicted molar refractivity (Wildman–Crippen MR) is 119 cm³/mol. The summed E-state index contributed by atoms with van der Waals surface area (Å²) in [4.78, 5) is 34.1. The number of amides is 1. The molecule has 4 rings (SSSR count). The Balaban J connectivity index is 1.39. The van der Waals surface area contributed by atoms with Crippen molar-refractivity contribution in [3.8, 4) is 11.5 Å². The normalized spacial score (nSPS) is 15.3. The fourth-order valence-corrected chi connectivity index (χ4v) is 4.07. The number of nitrogens with one attached hydrogen (secondary N) is 1. The Morgan fingerprint density at radius 2 is 2.06 bits per heavy atom. The highest BCUT2D eigenvalue weighted by Gasteiger charge is 2.21. The molecule has 1 aliphatic rings. The lowest BCUT2D eigenvalue weighted by molar-refractivity contribution is -0.119. The van der Waals surface area contributed by atoms with Gasteiger partial charge in [0.25, 0.3) is 5.56 Å².